The number of rotatable bonds is 16. The van der Waals surface area contributed by atoms with Gasteiger partial charge in [0.2, 0.25) is 0 Å². The zero-order valence-corrected chi connectivity index (χ0v) is 28.5. The van der Waals surface area contributed by atoms with E-state index in [4.69, 9.17) is 9.47 Å². The first-order chi connectivity index (χ1) is 20.5. The van der Waals surface area contributed by atoms with Crippen LogP contribution in [-0.2, 0) is 17.1 Å². The maximum atomic E-state index is 9.67. The van der Waals surface area contributed by atoms with Gasteiger partial charge in [0, 0.05) is 36.8 Å². The van der Waals surface area contributed by atoms with Crippen LogP contribution in [0, 0.1) is 5.92 Å². The molecule has 0 aliphatic heterocycles. The number of nitrogens with zero attached hydrogens (tertiary/aromatic N) is 2. The molecule has 0 spiro atoms. The largest absolute Gasteiger partial charge is 0.494 e. The molecule has 5 nitrogen and oxygen atoms in total. The minimum absolute atomic E-state index is 0. The van der Waals surface area contributed by atoms with Gasteiger partial charge in [-0.3, -0.25) is 0 Å². The second-order valence-electron chi connectivity index (χ2n) is 12.5. The second-order valence-corrected chi connectivity index (χ2v) is 12.5. The van der Waals surface area contributed by atoms with Crippen LogP contribution in [0.4, 0.5) is 0 Å². The standard InChI is InChI=1S/C32H48N2O3.C5H10.Fe/c1-33(2)21-8-24-36-29-17-13-27(14-18-29)32(31(12-7-23-35)26-10-5-6-11-26)28-15-19-30(20-16-28)37-25-9-22-34(3)4;1-2-4-5-3-1;/h13-20,26,35H,5-12,21-25H2,1-4H3;1-5H2;. The molecular formula is C37H58FeN2O3. The number of allylic oxidation sites excluding steroid dienone is 1. The topological polar surface area (TPSA) is 45.2 Å². The molecule has 2 fully saturated rings. The van der Waals surface area contributed by atoms with Gasteiger partial charge in [0.1, 0.15) is 11.5 Å². The van der Waals surface area contributed by atoms with Crippen LogP contribution < -0.4 is 9.47 Å². The molecule has 1 N–H and O–H groups in total. The normalized spacial score (nSPS) is 14.8. The summed E-state index contributed by atoms with van der Waals surface area (Å²) in [7, 11) is 8.35. The van der Waals surface area contributed by atoms with E-state index in [0.29, 0.717) is 5.92 Å². The van der Waals surface area contributed by atoms with Crippen LogP contribution >= 0.6 is 0 Å². The van der Waals surface area contributed by atoms with Gasteiger partial charge in [0.25, 0.3) is 0 Å². The van der Waals surface area contributed by atoms with Gasteiger partial charge in [-0.25, -0.2) is 0 Å². The van der Waals surface area contributed by atoms with Gasteiger partial charge < -0.3 is 24.4 Å². The van der Waals surface area contributed by atoms with Gasteiger partial charge in [0.15, 0.2) is 0 Å². The maximum absolute atomic E-state index is 9.67. The fourth-order valence-electron chi connectivity index (χ4n) is 6.08. The van der Waals surface area contributed by atoms with Crippen LogP contribution in [0.5, 0.6) is 11.5 Å². The number of hydrogen-bond donors (Lipinski definition) is 1. The van der Waals surface area contributed by atoms with Crippen molar-refractivity contribution in [3.63, 3.8) is 0 Å². The molecule has 2 aliphatic rings. The molecule has 0 saturated heterocycles. The molecule has 0 unspecified atom stereocenters. The van der Waals surface area contributed by atoms with Crippen LogP contribution in [0.15, 0.2) is 54.1 Å². The van der Waals surface area contributed by atoms with E-state index in [1.807, 2.05) is 0 Å². The first kappa shape index (κ1) is 37.4. The Labute approximate surface area is 273 Å². The number of hydrogen-bond acceptors (Lipinski definition) is 5. The summed E-state index contributed by atoms with van der Waals surface area (Å²) in [6.07, 6.45) is 16.3. The average molecular weight is 635 g/mol. The Kier molecular flexibility index (Phi) is 19.0. The van der Waals surface area contributed by atoms with E-state index in [0.717, 1.165) is 63.5 Å². The fraction of sp³-hybridized carbons (Fsp3) is 0.622. The van der Waals surface area contributed by atoms with Crippen molar-refractivity contribution in [2.24, 2.45) is 5.92 Å². The van der Waals surface area contributed by atoms with Crippen molar-refractivity contribution in [1.82, 2.24) is 9.80 Å². The predicted octanol–water partition coefficient (Wildman–Crippen LogP) is 8.06. The van der Waals surface area contributed by atoms with Gasteiger partial charge in [-0.2, -0.15) is 0 Å². The molecule has 0 amide bonds. The molecule has 0 bridgehead atoms. The van der Waals surface area contributed by atoms with Crippen molar-refractivity contribution in [2.75, 3.05) is 61.1 Å². The monoisotopic (exact) mass is 634 g/mol. The van der Waals surface area contributed by atoms with Crippen LogP contribution in [-0.4, -0.2) is 76.0 Å². The zero-order chi connectivity index (χ0) is 30.0. The van der Waals surface area contributed by atoms with E-state index in [-0.39, 0.29) is 23.7 Å². The Balaban J connectivity index is 0.000000973. The summed E-state index contributed by atoms with van der Waals surface area (Å²) in [4.78, 5) is 4.36. The molecule has 2 saturated carbocycles. The van der Waals surface area contributed by atoms with Crippen molar-refractivity contribution < 1.29 is 31.6 Å². The van der Waals surface area contributed by atoms with Crippen LogP contribution in [0.2, 0.25) is 0 Å². The molecule has 2 aromatic rings. The van der Waals surface area contributed by atoms with Gasteiger partial charge in [-0.05, 0) is 114 Å². The second kappa shape index (κ2) is 21.8. The Morgan fingerprint density at radius 1 is 0.651 bits per heavy atom. The summed E-state index contributed by atoms with van der Waals surface area (Å²) in [5.41, 5.74) is 5.25. The molecule has 0 radical (unpaired) electrons. The Morgan fingerprint density at radius 2 is 1.07 bits per heavy atom. The van der Waals surface area contributed by atoms with E-state index >= 15 is 0 Å². The van der Waals surface area contributed by atoms with Crippen molar-refractivity contribution >= 4 is 5.57 Å². The first-order valence-corrected chi connectivity index (χ1v) is 16.6. The van der Waals surface area contributed by atoms with E-state index in [9.17, 15) is 5.11 Å². The Bertz CT molecular complexity index is 942. The summed E-state index contributed by atoms with van der Waals surface area (Å²) in [6.45, 7) is 3.72. The minimum atomic E-state index is 0. The molecule has 0 aromatic heterocycles. The molecular weight excluding hydrogens is 576 g/mol. The Hall–Kier alpha value is -1.82. The SMILES string of the molecule is C1CCCC1.CN(C)CCCOc1ccc(C(=C(CCCO)C2CCCC2)c2ccc(OCCCN(C)C)cc2)cc1.[Fe]. The predicted molar refractivity (Wildman–Crippen MR) is 178 cm³/mol. The summed E-state index contributed by atoms with van der Waals surface area (Å²) in [6, 6.07) is 17.2. The van der Waals surface area contributed by atoms with Crippen LogP contribution in [0.1, 0.15) is 94.6 Å². The first-order valence-electron chi connectivity index (χ1n) is 16.6. The van der Waals surface area contributed by atoms with Crippen LogP contribution in [0.25, 0.3) is 5.57 Å². The summed E-state index contributed by atoms with van der Waals surface area (Å²) >= 11 is 0. The Morgan fingerprint density at radius 3 is 1.44 bits per heavy atom. The molecule has 242 valence electrons. The number of aliphatic hydroxyl groups excluding tert-OH is 1. The average Bonchev–Trinajstić information content (AvgIpc) is 3.75. The van der Waals surface area contributed by atoms with Gasteiger partial charge in [0.05, 0.1) is 13.2 Å². The quantitative estimate of drug-likeness (QED) is 0.150. The molecule has 0 atom stereocenters. The smallest absolute Gasteiger partial charge is 0.119 e. The summed E-state index contributed by atoms with van der Waals surface area (Å²) < 4.78 is 12.0. The van der Waals surface area contributed by atoms with E-state index in [1.54, 1.807) is 0 Å². The number of benzene rings is 2. The van der Waals surface area contributed by atoms with Gasteiger partial charge in [-0.1, -0.05) is 74.8 Å². The fourth-order valence-corrected chi connectivity index (χ4v) is 6.08. The third kappa shape index (κ3) is 14.2. The number of aliphatic hydroxyl groups is 1. The third-order valence-corrected chi connectivity index (χ3v) is 8.35. The third-order valence-electron chi connectivity index (χ3n) is 8.35. The number of ether oxygens (including phenoxy) is 2. The van der Waals surface area contributed by atoms with Crippen molar-refractivity contribution in [3.8, 4) is 11.5 Å². The van der Waals surface area contributed by atoms with Gasteiger partial charge in [-0.15, -0.1) is 0 Å². The molecule has 43 heavy (non-hydrogen) atoms. The molecule has 4 rings (SSSR count). The van der Waals surface area contributed by atoms with E-state index in [1.165, 1.54) is 80.1 Å². The zero-order valence-electron chi connectivity index (χ0n) is 27.4. The van der Waals surface area contributed by atoms with Gasteiger partial charge >= 0.3 is 0 Å². The maximum Gasteiger partial charge on any atom is 0.119 e. The molecule has 0 heterocycles. The summed E-state index contributed by atoms with van der Waals surface area (Å²) in [5, 5.41) is 9.67. The van der Waals surface area contributed by atoms with Crippen LogP contribution in [0.3, 0.4) is 0 Å². The van der Waals surface area contributed by atoms with Crippen molar-refractivity contribution in [3.05, 3.63) is 65.2 Å². The minimum Gasteiger partial charge on any atom is -0.494 e. The van der Waals surface area contributed by atoms with E-state index in [2.05, 4.69) is 86.5 Å². The van der Waals surface area contributed by atoms with Crippen molar-refractivity contribution in [1.29, 1.82) is 0 Å². The summed E-state index contributed by atoms with van der Waals surface area (Å²) in [5.74, 6) is 2.42. The molecule has 2 aliphatic carbocycles. The van der Waals surface area contributed by atoms with E-state index < -0.39 is 0 Å². The molecule has 2 aromatic carbocycles. The molecule has 6 heteroatoms. The van der Waals surface area contributed by atoms with Crippen molar-refractivity contribution in [2.45, 2.75) is 83.5 Å².